The summed E-state index contributed by atoms with van der Waals surface area (Å²) in [6.45, 7) is 6.65. The Kier molecular flexibility index (Phi) is 11.9. The van der Waals surface area contributed by atoms with Crippen LogP contribution in [0.4, 0.5) is 0 Å². The van der Waals surface area contributed by atoms with Gasteiger partial charge in [0.15, 0.2) is 0 Å². The molecule has 2 N–H and O–H groups in total. The average molecular weight is 214 g/mol. The standard InChI is InChI=1S/C13H30N2/c1-3-5-7-9-11-13-15(14)12-10-8-6-4-2/h3-14H2,1-2H3. The minimum atomic E-state index is 1.08. The summed E-state index contributed by atoms with van der Waals surface area (Å²) in [7, 11) is 0. The van der Waals surface area contributed by atoms with Gasteiger partial charge in [0.2, 0.25) is 0 Å². The predicted molar refractivity (Wildman–Crippen MR) is 68.7 cm³/mol. The molecule has 0 aromatic carbocycles. The lowest BCUT2D eigenvalue weighted by Gasteiger charge is -2.15. The number of nitrogens with two attached hydrogens (primary N) is 1. The molecule has 0 saturated heterocycles. The van der Waals surface area contributed by atoms with Gasteiger partial charge in [-0.05, 0) is 12.8 Å². The van der Waals surface area contributed by atoms with E-state index in [0.29, 0.717) is 0 Å². The van der Waals surface area contributed by atoms with Crippen LogP contribution in [0.2, 0.25) is 0 Å². The van der Waals surface area contributed by atoms with Crippen molar-refractivity contribution in [3.8, 4) is 0 Å². The molecule has 0 heterocycles. The summed E-state index contributed by atoms with van der Waals surface area (Å²) in [4.78, 5) is 0. The van der Waals surface area contributed by atoms with E-state index < -0.39 is 0 Å². The lowest BCUT2D eigenvalue weighted by molar-refractivity contribution is 0.269. The van der Waals surface area contributed by atoms with Crippen molar-refractivity contribution in [3.63, 3.8) is 0 Å². The highest BCUT2D eigenvalue weighted by atomic mass is 15.4. The molecule has 0 aromatic heterocycles. The third kappa shape index (κ3) is 11.8. The van der Waals surface area contributed by atoms with Gasteiger partial charge in [0.05, 0.1) is 0 Å². The quantitative estimate of drug-likeness (QED) is 0.323. The Morgan fingerprint density at radius 1 is 0.667 bits per heavy atom. The van der Waals surface area contributed by atoms with Crippen LogP contribution in [-0.4, -0.2) is 18.1 Å². The number of hydrazine groups is 1. The average Bonchev–Trinajstić information content (AvgIpc) is 2.24. The van der Waals surface area contributed by atoms with Crippen molar-refractivity contribution >= 4 is 0 Å². The first-order chi connectivity index (χ1) is 7.31. The first-order valence-corrected chi connectivity index (χ1v) is 6.80. The molecule has 0 atom stereocenters. The molecule has 2 heteroatoms. The maximum Gasteiger partial charge on any atom is 0.0128 e. The van der Waals surface area contributed by atoms with Crippen molar-refractivity contribution in [2.75, 3.05) is 13.1 Å². The predicted octanol–water partition coefficient (Wildman–Crippen LogP) is 3.71. The van der Waals surface area contributed by atoms with Gasteiger partial charge >= 0.3 is 0 Å². The SMILES string of the molecule is CCCCCCCN(N)CCCCCC. The van der Waals surface area contributed by atoms with E-state index in [1.54, 1.807) is 0 Å². The van der Waals surface area contributed by atoms with Crippen molar-refractivity contribution < 1.29 is 0 Å². The smallest absolute Gasteiger partial charge is 0.0128 e. The van der Waals surface area contributed by atoms with Gasteiger partial charge in [-0.15, -0.1) is 0 Å². The van der Waals surface area contributed by atoms with Gasteiger partial charge in [-0.2, -0.15) is 0 Å². The van der Waals surface area contributed by atoms with Gasteiger partial charge in [-0.25, -0.2) is 5.01 Å². The molecular weight excluding hydrogens is 184 g/mol. The van der Waals surface area contributed by atoms with Gasteiger partial charge in [0, 0.05) is 13.1 Å². The molecule has 0 fully saturated rings. The molecule has 0 rings (SSSR count). The van der Waals surface area contributed by atoms with Gasteiger partial charge < -0.3 is 0 Å². The van der Waals surface area contributed by atoms with Gasteiger partial charge in [0.1, 0.15) is 0 Å². The number of unbranched alkanes of at least 4 members (excludes halogenated alkanes) is 7. The Balaban J connectivity index is 3.08. The third-order valence-corrected chi connectivity index (χ3v) is 2.85. The molecule has 2 nitrogen and oxygen atoms in total. The second-order valence-corrected chi connectivity index (χ2v) is 4.51. The highest BCUT2D eigenvalue weighted by Gasteiger charge is 1.98. The zero-order valence-corrected chi connectivity index (χ0v) is 10.8. The fraction of sp³-hybridized carbons (Fsp3) is 1.00. The van der Waals surface area contributed by atoms with Crippen LogP contribution in [0, 0.1) is 0 Å². The van der Waals surface area contributed by atoms with Crippen LogP contribution in [0.25, 0.3) is 0 Å². The lowest BCUT2D eigenvalue weighted by Crippen LogP contribution is -2.32. The van der Waals surface area contributed by atoms with Crippen LogP contribution >= 0.6 is 0 Å². The minimum absolute atomic E-state index is 1.08. The van der Waals surface area contributed by atoms with Crippen LogP contribution in [-0.2, 0) is 0 Å². The van der Waals surface area contributed by atoms with E-state index in [9.17, 15) is 0 Å². The van der Waals surface area contributed by atoms with Crippen LogP contribution in [0.5, 0.6) is 0 Å². The zero-order valence-electron chi connectivity index (χ0n) is 10.8. The molecule has 0 aliphatic heterocycles. The minimum Gasteiger partial charge on any atom is -0.269 e. The van der Waals surface area contributed by atoms with Crippen molar-refractivity contribution in [2.24, 2.45) is 5.84 Å². The highest BCUT2D eigenvalue weighted by Crippen LogP contribution is 2.04. The van der Waals surface area contributed by atoms with Gasteiger partial charge in [0.25, 0.3) is 0 Å². The Bertz CT molecular complexity index is 115. The van der Waals surface area contributed by atoms with Crippen LogP contribution in [0.3, 0.4) is 0 Å². The van der Waals surface area contributed by atoms with E-state index in [2.05, 4.69) is 13.8 Å². The molecule has 0 amide bonds. The monoisotopic (exact) mass is 214 g/mol. The number of nitrogens with zero attached hydrogens (tertiary/aromatic N) is 1. The van der Waals surface area contributed by atoms with Gasteiger partial charge in [-0.3, -0.25) is 5.84 Å². The molecule has 92 valence electrons. The van der Waals surface area contributed by atoms with E-state index in [0.717, 1.165) is 13.1 Å². The van der Waals surface area contributed by atoms with E-state index in [4.69, 9.17) is 5.84 Å². The summed E-state index contributed by atoms with van der Waals surface area (Å²) in [5, 5.41) is 2.00. The summed E-state index contributed by atoms with van der Waals surface area (Å²) < 4.78 is 0. The molecule has 15 heavy (non-hydrogen) atoms. The van der Waals surface area contributed by atoms with Crippen LogP contribution in [0.15, 0.2) is 0 Å². The second kappa shape index (κ2) is 12.0. The summed E-state index contributed by atoms with van der Waals surface area (Å²) >= 11 is 0. The molecular formula is C13H30N2. The maximum atomic E-state index is 5.90. The molecule has 0 unspecified atom stereocenters. The topological polar surface area (TPSA) is 29.3 Å². The summed E-state index contributed by atoms with van der Waals surface area (Å²) in [6, 6.07) is 0. The lowest BCUT2D eigenvalue weighted by atomic mass is 10.1. The van der Waals surface area contributed by atoms with E-state index in [1.807, 2.05) is 5.01 Å². The van der Waals surface area contributed by atoms with E-state index >= 15 is 0 Å². The maximum absolute atomic E-state index is 5.90. The molecule has 0 aliphatic carbocycles. The fourth-order valence-electron chi connectivity index (χ4n) is 1.77. The molecule has 0 spiro atoms. The van der Waals surface area contributed by atoms with Crippen LogP contribution in [0.1, 0.15) is 71.6 Å². The zero-order chi connectivity index (χ0) is 11.4. The van der Waals surface area contributed by atoms with Crippen molar-refractivity contribution in [3.05, 3.63) is 0 Å². The Morgan fingerprint density at radius 2 is 1.07 bits per heavy atom. The normalized spacial score (nSPS) is 11.2. The molecule has 0 aliphatic rings. The molecule has 0 aromatic rings. The molecule has 0 saturated carbocycles. The van der Waals surface area contributed by atoms with Crippen molar-refractivity contribution in [1.82, 2.24) is 5.01 Å². The number of rotatable bonds is 11. The van der Waals surface area contributed by atoms with Gasteiger partial charge in [-0.1, -0.05) is 58.8 Å². The van der Waals surface area contributed by atoms with Crippen molar-refractivity contribution in [1.29, 1.82) is 0 Å². The summed E-state index contributed by atoms with van der Waals surface area (Å²) in [5.41, 5.74) is 0. The Labute approximate surface area is 96.2 Å². The van der Waals surface area contributed by atoms with E-state index in [-0.39, 0.29) is 0 Å². The molecule has 0 radical (unpaired) electrons. The molecule has 0 bridgehead atoms. The van der Waals surface area contributed by atoms with E-state index in [1.165, 1.54) is 57.8 Å². The fourth-order valence-corrected chi connectivity index (χ4v) is 1.77. The summed E-state index contributed by atoms with van der Waals surface area (Å²) in [5.74, 6) is 5.90. The largest absolute Gasteiger partial charge is 0.269 e. The number of hydrogen-bond acceptors (Lipinski definition) is 2. The summed E-state index contributed by atoms with van der Waals surface area (Å²) in [6.07, 6.45) is 11.9. The third-order valence-electron chi connectivity index (χ3n) is 2.85. The second-order valence-electron chi connectivity index (χ2n) is 4.51. The highest BCUT2D eigenvalue weighted by molar-refractivity contribution is 4.51. The van der Waals surface area contributed by atoms with Crippen LogP contribution < -0.4 is 5.84 Å². The van der Waals surface area contributed by atoms with Crippen molar-refractivity contribution in [2.45, 2.75) is 71.6 Å². The first kappa shape index (κ1) is 14.9. The Morgan fingerprint density at radius 3 is 1.53 bits per heavy atom. The number of hydrogen-bond donors (Lipinski definition) is 1. The Hall–Kier alpha value is -0.0800. The first-order valence-electron chi connectivity index (χ1n) is 6.80.